The van der Waals surface area contributed by atoms with Gasteiger partial charge in [-0.15, -0.1) is 0 Å². The predicted molar refractivity (Wildman–Crippen MR) is 113 cm³/mol. The normalized spacial score (nSPS) is 17.6. The van der Waals surface area contributed by atoms with E-state index in [4.69, 9.17) is 0 Å². The van der Waals surface area contributed by atoms with Gasteiger partial charge in [0, 0.05) is 19.6 Å². The van der Waals surface area contributed by atoms with E-state index in [1.807, 2.05) is 97.1 Å². The van der Waals surface area contributed by atoms with Crippen molar-refractivity contribution in [3.05, 3.63) is 97.1 Å². The summed E-state index contributed by atoms with van der Waals surface area (Å²) in [5.41, 5.74) is 4.16. The van der Waals surface area contributed by atoms with Crippen molar-refractivity contribution in [3.63, 3.8) is 0 Å². The molecule has 136 valence electrons. The summed E-state index contributed by atoms with van der Waals surface area (Å²) >= 11 is 0. The van der Waals surface area contributed by atoms with E-state index in [1.54, 1.807) is 0 Å². The molecule has 0 spiro atoms. The fourth-order valence-corrected chi connectivity index (χ4v) is 5.43. The Morgan fingerprint density at radius 3 is 0.679 bits per heavy atom. The molecule has 0 aliphatic carbocycles. The predicted octanol–water partition coefficient (Wildman–Crippen LogP) is 5.67. The van der Waals surface area contributed by atoms with E-state index >= 15 is 0 Å². The zero-order chi connectivity index (χ0) is 19.1. The molecule has 0 amide bonds. The first-order valence-electron chi connectivity index (χ1n) is 8.94. The van der Waals surface area contributed by atoms with E-state index in [0.29, 0.717) is 0 Å². The van der Waals surface area contributed by atoms with Crippen LogP contribution in [-0.2, 0) is 21.6 Å². The van der Waals surface area contributed by atoms with Gasteiger partial charge in [0.25, 0.3) is 0 Å². The van der Waals surface area contributed by atoms with Crippen LogP contribution in [0.2, 0.25) is 0 Å². The molecule has 0 radical (unpaired) electrons. The molecule has 28 heavy (non-hydrogen) atoms. The Balaban J connectivity index is 1.69. The van der Waals surface area contributed by atoms with Crippen molar-refractivity contribution in [1.29, 1.82) is 0 Å². The van der Waals surface area contributed by atoms with Crippen molar-refractivity contribution < 1.29 is 8.42 Å². The summed E-state index contributed by atoms with van der Waals surface area (Å²) < 4.78 is 25.8. The average Bonchev–Trinajstić information content (AvgIpc) is 2.78. The standard InChI is InChI=1S/C24H16O2S2/c25-27-21-9-1-17(2-10-21)18-3-11-23(12-4-18)28(26)24-15-7-20(8-16-24)19-5-13-22(27)14-6-19/h1-16H. The smallest absolute Gasteiger partial charge is 0.0849 e. The molecule has 7 aliphatic heterocycles. The molecule has 0 unspecified atom stereocenters. The van der Waals surface area contributed by atoms with Gasteiger partial charge >= 0.3 is 0 Å². The Hall–Kier alpha value is -2.82. The summed E-state index contributed by atoms with van der Waals surface area (Å²) in [4.78, 5) is 3.11. The Bertz CT molecular complexity index is 998. The van der Waals surface area contributed by atoms with Gasteiger partial charge in [-0.1, -0.05) is 48.5 Å². The van der Waals surface area contributed by atoms with E-state index in [2.05, 4.69) is 0 Å². The molecule has 4 heteroatoms. The van der Waals surface area contributed by atoms with Gasteiger partial charge in [-0.2, -0.15) is 0 Å². The molecule has 4 aromatic carbocycles. The monoisotopic (exact) mass is 400 g/mol. The van der Waals surface area contributed by atoms with Crippen LogP contribution in [0.1, 0.15) is 0 Å². The van der Waals surface area contributed by atoms with E-state index in [-0.39, 0.29) is 0 Å². The quantitative estimate of drug-likeness (QED) is 0.336. The Morgan fingerprint density at radius 1 is 0.321 bits per heavy atom. The van der Waals surface area contributed by atoms with Gasteiger partial charge in [-0.3, -0.25) is 0 Å². The van der Waals surface area contributed by atoms with Crippen molar-refractivity contribution in [3.8, 4) is 22.3 Å². The van der Waals surface area contributed by atoms with Crippen molar-refractivity contribution >= 4 is 21.6 Å². The van der Waals surface area contributed by atoms with Gasteiger partial charge in [0.1, 0.15) is 0 Å². The van der Waals surface area contributed by atoms with E-state index < -0.39 is 21.6 Å². The van der Waals surface area contributed by atoms with Gasteiger partial charge in [0.15, 0.2) is 0 Å². The summed E-state index contributed by atoms with van der Waals surface area (Å²) in [5, 5.41) is 0. The molecule has 0 N–H and O–H groups in total. The third-order valence-corrected chi connectivity index (χ3v) is 7.74. The van der Waals surface area contributed by atoms with Crippen LogP contribution >= 0.6 is 0 Å². The van der Waals surface area contributed by atoms with Crippen LogP contribution in [0, 0.1) is 0 Å². The molecule has 0 aromatic heterocycles. The van der Waals surface area contributed by atoms with Crippen molar-refractivity contribution in [2.75, 3.05) is 0 Å². The van der Waals surface area contributed by atoms with Gasteiger partial charge in [-0.25, -0.2) is 8.42 Å². The second kappa shape index (κ2) is 6.97. The van der Waals surface area contributed by atoms with E-state index in [1.165, 1.54) is 0 Å². The maximum Gasteiger partial charge on any atom is 0.0849 e. The summed E-state index contributed by atoms with van der Waals surface area (Å²) in [6.45, 7) is 0. The topological polar surface area (TPSA) is 34.1 Å². The molecule has 7 heterocycles. The Morgan fingerprint density at radius 2 is 0.500 bits per heavy atom. The lowest BCUT2D eigenvalue weighted by molar-refractivity contribution is 0.682. The molecule has 0 saturated heterocycles. The number of hydrogen-bond donors (Lipinski definition) is 0. The van der Waals surface area contributed by atoms with Crippen LogP contribution < -0.4 is 0 Å². The second-order valence-corrected chi connectivity index (χ2v) is 9.60. The van der Waals surface area contributed by atoms with Crippen LogP contribution in [-0.4, -0.2) is 8.42 Å². The van der Waals surface area contributed by atoms with Crippen LogP contribution in [0.25, 0.3) is 22.3 Å². The largest absolute Gasteiger partial charge is 0.249 e. The molecule has 0 saturated carbocycles. The molecule has 11 rings (SSSR count). The summed E-state index contributed by atoms with van der Waals surface area (Å²) in [6, 6.07) is 31.1. The van der Waals surface area contributed by atoms with Crippen LogP contribution in [0.5, 0.6) is 0 Å². The molecule has 7 aliphatic rings. The Labute approximate surface area is 168 Å². The maximum absolute atomic E-state index is 12.9. The van der Waals surface area contributed by atoms with Crippen molar-refractivity contribution in [2.45, 2.75) is 19.6 Å². The number of hydrogen-bond acceptors (Lipinski definition) is 2. The third-order valence-electron chi connectivity index (χ3n) is 4.94. The molecule has 8 bridgehead atoms. The van der Waals surface area contributed by atoms with Gasteiger partial charge < -0.3 is 0 Å². The van der Waals surface area contributed by atoms with E-state index in [0.717, 1.165) is 41.8 Å². The highest BCUT2D eigenvalue weighted by Crippen LogP contribution is 2.28. The minimum absolute atomic E-state index is 0.777. The highest BCUT2D eigenvalue weighted by molar-refractivity contribution is 7.85. The highest BCUT2D eigenvalue weighted by Gasteiger charge is 2.11. The van der Waals surface area contributed by atoms with Gasteiger partial charge in [0.2, 0.25) is 0 Å². The fraction of sp³-hybridized carbons (Fsp3) is 0. The van der Waals surface area contributed by atoms with Gasteiger partial charge in [-0.05, 0) is 70.8 Å². The molecular weight excluding hydrogens is 384 g/mol. The first-order valence-corrected chi connectivity index (χ1v) is 11.2. The van der Waals surface area contributed by atoms with E-state index in [9.17, 15) is 8.42 Å². The fourth-order valence-electron chi connectivity index (χ4n) is 3.36. The molecular formula is C24H16O2S2. The highest BCUT2D eigenvalue weighted by atomic mass is 32.2. The zero-order valence-electron chi connectivity index (χ0n) is 14.9. The van der Waals surface area contributed by atoms with Crippen LogP contribution in [0.4, 0.5) is 0 Å². The lowest BCUT2D eigenvalue weighted by Crippen LogP contribution is -1.95. The second-order valence-electron chi connectivity index (χ2n) is 6.63. The Kier molecular flexibility index (Phi) is 4.30. The summed E-state index contributed by atoms with van der Waals surface area (Å²) in [7, 11) is -2.43. The van der Waals surface area contributed by atoms with Crippen LogP contribution in [0.15, 0.2) is 117 Å². The SMILES string of the molecule is O=S1c2ccc(cc2)-c2ccc(cc2)S(=O)c2ccc(cc2)-c2ccc1cc2. The molecule has 0 atom stereocenters. The first kappa shape index (κ1) is 17.3. The average molecular weight is 401 g/mol. The number of rotatable bonds is 0. The molecule has 4 aromatic rings. The van der Waals surface area contributed by atoms with Crippen LogP contribution in [0.3, 0.4) is 0 Å². The lowest BCUT2D eigenvalue weighted by atomic mass is 10.1. The zero-order valence-corrected chi connectivity index (χ0v) is 16.5. The van der Waals surface area contributed by atoms with Crippen molar-refractivity contribution in [1.82, 2.24) is 0 Å². The number of benzene rings is 4. The lowest BCUT2D eigenvalue weighted by Gasteiger charge is -2.09. The van der Waals surface area contributed by atoms with Crippen molar-refractivity contribution in [2.24, 2.45) is 0 Å². The molecule has 0 fully saturated rings. The van der Waals surface area contributed by atoms with Gasteiger partial charge in [0.05, 0.1) is 21.6 Å². The summed E-state index contributed by atoms with van der Waals surface area (Å²) in [6.07, 6.45) is 0. The maximum atomic E-state index is 12.9. The summed E-state index contributed by atoms with van der Waals surface area (Å²) in [5.74, 6) is 0. The third kappa shape index (κ3) is 3.05. The first-order chi connectivity index (χ1) is 13.7. The minimum Gasteiger partial charge on any atom is -0.249 e. The minimum atomic E-state index is -1.22. The molecule has 2 nitrogen and oxygen atoms in total.